The Bertz CT molecular complexity index is 1650. The Balaban J connectivity index is 4.09. The highest BCUT2D eigenvalue weighted by Gasteiger charge is 2.19. The number of unbranched alkanes of at least 4 members (excludes halogenated alkanes) is 23. The van der Waals surface area contributed by atoms with E-state index in [1.807, 2.05) is 0 Å². The van der Waals surface area contributed by atoms with Crippen LogP contribution in [0, 0.1) is 0 Å². The third-order valence-corrected chi connectivity index (χ3v) is 13.2. The third-order valence-electron chi connectivity index (χ3n) is 13.2. The molecule has 77 heavy (non-hydrogen) atoms. The zero-order valence-electron chi connectivity index (χ0n) is 49.9. The summed E-state index contributed by atoms with van der Waals surface area (Å²) in [5.74, 6) is -0.920. The average Bonchev–Trinajstić information content (AvgIpc) is 3.43. The molecule has 1 unspecified atom stereocenters. The van der Waals surface area contributed by atoms with Crippen LogP contribution in [0.15, 0.2) is 134 Å². The topological polar surface area (TPSA) is 78.9 Å². The van der Waals surface area contributed by atoms with Gasteiger partial charge in [-0.2, -0.15) is 0 Å². The maximum absolute atomic E-state index is 12.8. The van der Waals surface area contributed by atoms with Crippen molar-refractivity contribution < 1.29 is 28.6 Å². The Labute approximate surface area is 475 Å². The van der Waals surface area contributed by atoms with Crippen LogP contribution >= 0.6 is 0 Å². The molecule has 0 heterocycles. The number of carbonyl (C=O) groups is 3. The largest absolute Gasteiger partial charge is 0.462 e. The molecule has 0 bridgehead atoms. The molecule has 0 aliphatic rings. The van der Waals surface area contributed by atoms with E-state index >= 15 is 0 Å². The number of ether oxygens (including phenoxy) is 3. The lowest BCUT2D eigenvalue weighted by Crippen LogP contribution is -2.30. The fourth-order valence-electron chi connectivity index (χ4n) is 8.47. The molecule has 0 spiro atoms. The third kappa shape index (κ3) is 62.3. The van der Waals surface area contributed by atoms with Crippen molar-refractivity contribution in [2.24, 2.45) is 0 Å². The number of esters is 3. The molecule has 0 aromatic heterocycles. The van der Waals surface area contributed by atoms with Crippen LogP contribution in [0.25, 0.3) is 0 Å². The zero-order chi connectivity index (χ0) is 55.7. The van der Waals surface area contributed by atoms with Crippen molar-refractivity contribution in [1.82, 2.24) is 0 Å². The van der Waals surface area contributed by atoms with E-state index in [0.29, 0.717) is 19.3 Å². The summed E-state index contributed by atoms with van der Waals surface area (Å²) in [4.78, 5) is 38.0. The molecular weight excluding hydrogens is 949 g/mol. The van der Waals surface area contributed by atoms with Crippen LogP contribution in [0.1, 0.15) is 278 Å². The molecule has 0 saturated heterocycles. The number of hydrogen-bond donors (Lipinski definition) is 0. The van der Waals surface area contributed by atoms with Crippen LogP contribution in [0.2, 0.25) is 0 Å². The first-order valence-electron chi connectivity index (χ1n) is 31.7. The molecule has 0 aliphatic heterocycles. The lowest BCUT2D eigenvalue weighted by atomic mass is 10.0. The van der Waals surface area contributed by atoms with Gasteiger partial charge in [0.05, 0.1) is 0 Å². The van der Waals surface area contributed by atoms with Gasteiger partial charge < -0.3 is 14.2 Å². The standard InChI is InChI=1S/C71H116O6/c1-4-7-10-13-16-18-20-22-24-26-27-28-29-30-31-32-33-34-35-36-37-38-39-40-41-42-43-45-46-48-50-52-55-58-61-64-70(73)76-67-68(66-75-69(72)63-60-57-54-15-12-9-6-3)77-71(74)65-62-59-56-53-51-49-47-44-25-23-21-19-17-14-11-8-5-2/h7-8,10-11,16-19,22-25,27-28,30-31,33-34,36-37,47,49,68H,4-6,9,12-15,20-21,26,29,32,35,38-46,48,50-67H2,1-3H3/b10-7-,11-8-,18-16-,19-17-,24-22-,25-23-,28-27-,31-30-,34-33-,37-36-,49-47-. The first-order chi connectivity index (χ1) is 38.0. The van der Waals surface area contributed by atoms with Crippen LogP contribution in [0.5, 0.6) is 0 Å². The number of hydrogen-bond acceptors (Lipinski definition) is 6. The lowest BCUT2D eigenvalue weighted by Gasteiger charge is -2.18. The van der Waals surface area contributed by atoms with Gasteiger partial charge in [0.25, 0.3) is 0 Å². The molecular formula is C71H116O6. The van der Waals surface area contributed by atoms with E-state index < -0.39 is 6.10 Å². The quantitative estimate of drug-likeness (QED) is 0.0261. The summed E-state index contributed by atoms with van der Waals surface area (Å²) in [5.41, 5.74) is 0. The average molecular weight is 1070 g/mol. The summed E-state index contributed by atoms with van der Waals surface area (Å²) in [6.45, 7) is 6.35. The SMILES string of the molecule is CC/C=C\C/C=C\C/C=C\C/C=C\C/C=C\C/C=C\C/C=C\CCCCCCCCCCCCCCCC(=O)OCC(COC(=O)CCCCCCCCC)OC(=O)CCCCCC/C=C\C/C=C\C/C=C\C/C=C\CC. The first-order valence-corrected chi connectivity index (χ1v) is 31.7. The van der Waals surface area contributed by atoms with Crippen molar-refractivity contribution in [2.75, 3.05) is 13.2 Å². The summed E-state index contributed by atoms with van der Waals surface area (Å²) in [5, 5.41) is 0. The van der Waals surface area contributed by atoms with Crippen molar-refractivity contribution in [3.8, 4) is 0 Å². The smallest absolute Gasteiger partial charge is 0.306 e. The molecule has 0 radical (unpaired) electrons. The van der Waals surface area contributed by atoms with Crippen LogP contribution in [0.4, 0.5) is 0 Å². The van der Waals surface area contributed by atoms with Gasteiger partial charge in [0.15, 0.2) is 6.10 Å². The van der Waals surface area contributed by atoms with Crippen LogP contribution in [-0.4, -0.2) is 37.2 Å². The van der Waals surface area contributed by atoms with Crippen molar-refractivity contribution in [1.29, 1.82) is 0 Å². The van der Waals surface area contributed by atoms with E-state index in [0.717, 1.165) is 141 Å². The molecule has 6 heteroatoms. The summed E-state index contributed by atoms with van der Waals surface area (Å²) in [6.07, 6.45) is 90.6. The molecule has 0 aromatic carbocycles. The van der Waals surface area contributed by atoms with Crippen molar-refractivity contribution in [3.63, 3.8) is 0 Å². The van der Waals surface area contributed by atoms with Crippen LogP contribution in [0.3, 0.4) is 0 Å². The summed E-state index contributed by atoms with van der Waals surface area (Å²) in [7, 11) is 0. The predicted molar refractivity (Wildman–Crippen MR) is 334 cm³/mol. The van der Waals surface area contributed by atoms with Crippen molar-refractivity contribution in [2.45, 2.75) is 284 Å². The van der Waals surface area contributed by atoms with E-state index in [1.54, 1.807) is 0 Å². The number of carbonyl (C=O) groups excluding carboxylic acids is 3. The van der Waals surface area contributed by atoms with E-state index in [-0.39, 0.29) is 31.1 Å². The molecule has 0 aliphatic carbocycles. The second-order valence-corrected chi connectivity index (χ2v) is 20.6. The van der Waals surface area contributed by atoms with Gasteiger partial charge >= 0.3 is 17.9 Å². The summed E-state index contributed by atoms with van der Waals surface area (Å²) < 4.78 is 16.8. The molecule has 0 saturated carbocycles. The van der Waals surface area contributed by atoms with Crippen molar-refractivity contribution >= 4 is 17.9 Å². The summed E-state index contributed by atoms with van der Waals surface area (Å²) >= 11 is 0. The Morgan fingerprint density at radius 2 is 0.506 bits per heavy atom. The molecule has 0 rings (SSSR count). The van der Waals surface area contributed by atoms with Crippen molar-refractivity contribution in [3.05, 3.63) is 134 Å². The highest BCUT2D eigenvalue weighted by molar-refractivity contribution is 5.71. The lowest BCUT2D eigenvalue weighted by molar-refractivity contribution is -0.167. The fraction of sp³-hybridized carbons (Fsp3) is 0.648. The molecule has 0 N–H and O–H groups in total. The second kappa shape index (κ2) is 64.1. The molecule has 0 amide bonds. The predicted octanol–water partition coefficient (Wildman–Crippen LogP) is 21.8. The van der Waals surface area contributed by atoms with Gasteiger partial charge in [-0.1, -0.05) is 276 Å². The van der Waals surface area contributed by atoms with Gasteiger partial charge in [0.2, 0.25) is 0 Å². The minimum absolute atomic E-state index is 0.0889. The van der Waals surface area contributed by atoms with E-state index in [1.165, 1.54) is 96.3 Å². The molecule has 1 atom stereocenters. The highest BCUT2D eigenvalue weighted by atomic mass is 16.6. The Morgan fingerprint density at radius 3 is 0.792 bits per heavy atom. The minimum atomic E-state index is -0.791. The van der Waals surface area contributed by atoms with Crippen LogP contribution in [-0.2, 0) is 28.6 Å². The van der Waals surface area contributed by atoms with Crippen LogP contribution < -0.4 is 0 Å². The van der Waals surface area contributed by atoms with Gasteiger partial charge in [-0.05, 0) is 116 Å². The minimum Gasteiger partial charge on any atom is -0.462 e. The molecule has 0 fully saturated rings. The van der Waals surface area contributed by atoms with Gasteiger partial charge in [-0.25, -0.2) is 0 Å². The Morgan fingerprint density at radius 1 is 0.273 bits per heavy atom. The number of rotatable bonds is 56. The Kier molecular flexibility index (Phi) is 60.4. The maximum atomic E-state index is 12.8. The van der Waals surface area contributed by atoms with Gasteiger partial charge in [0, 0.05) is 19.3 Å². The fourth-order valence-corrected chi connectivity index (χ4v) is 8.47. The number of allylic oxidation sites excluding steroid dienone is 22. The molecule has 0 aromatic rings. The Hall–Kier alpha value is -4.45. The monoisotopic (exact) mass is 1060 g/mol. The second-order valence-electron chi connectivity index (χ2n) is 20.6. The van der Waals surface area contributed by atoms with E-state index in [9.17, 15) is 14.4 Å². The normalized spacial score (nSPS) is 13.0. The molecule has 436 valence electrons. The molecule has 6 nitrogen and oxygen atoms in total. The van der Waals surface area contributed by atoms with E-state index in [4.69, 9.17) is 14.2 Å². The first kappa shape index (κ1) is 72.5. The van der Waals surface area contributed by atoms with Gasteiger partial charge in [-0.3, -0.25) is 14.4 Å². The van der Waals surface area contributed by atoms with E-state index in [2.05, 4.69) is 154 Å². The maximum Gasteiger partial charge on any atom is 0.306 e. The summed E-state index contributed by atoms with van der Waals surface area (Å²) in [6, 6.07) is 0. The van der Waals surface area contributed by atoms with Gasteiger partial charge in [-0.15, -0.1) is 0 Å². The highest BCUT2D eigenvalue weighted by Crippen LogP contribution is 2.15. The van der Waals surface area contributed by atoms with Gasteiger partial charge in [0.1, 0.15) is 13.2 Å². The zero-order valence-corrected chi connectivity index (χ0v) is 49.9.